The molecule has 1 N–H and O–H groups in total. The largest absolute Gasteiger partial charge is 0.343 e. The Bertz CT molecular complexity index is 753. The van der Waals surface area contributed by atoms with Crippen LogP contribution in [0, 0.1) is 5.92 Å². The molecule has 2 fully saturated rings. The van der Waals surface area contributed by atoms with E-state index in [0.717, 1.165) is 31.5 Å². The maximum absolute atomic E-state index is 12.7. The predicted octanol–water partition coefficient (Wildman–Crippen LogP) is 2.97. The topological polar surface area (TPSA) is 69.7 Å². The number of amides is 3. The minimum atomic E-state index is -0.237. The molecule has 3 rings (SSSR count). The Morgan fingerprint density at radius 2 is 1.50 bits per heavy atom. The number of nitrogens with one attached hydrogen (secondary N) is 1. The van der Waals surface area contributed by atoms with E-state index in [2.05, 4.69) is 26.1 Å². The molecule has 0 radical (unpaired) electrons. The molecule has 0 unspecified atom stereocenters. The molecule has 2 saturated heterocycles. The number of carbonyl (C=O) groups excluding carboxylic acids is 3. The third kappa shape index (κ3) is 5.61. The van der Waals surface area contributed by atoms with E-state index >= 15 is 0 Å². The van der Waals surface area contributed by atoms with Gasteiger partial charge in [0.1, 0.15) is 0 Å². The number of hydrogen-bond acceptors (Lipinski definition) is 3. The molecule has 1 aromatic rings. The van der Waals surface area contributed by atoms with Crippen molar-refractivity contribution in [3.63, 3.8) is 0 Å². The van der Waals surface area contributed by atoms with Gasteiger partial charge in [-0.15, -0.1) is 0 Å². The van der Waals surface area contributed by atoms with E-state index in [1.807, 2.05) is 17.0 Å². The molecule has 2 aliphatic heterocycles. The van der Waals surface area contributed by atoms with Gasteiger partial charge in [0.05, 0.1) is 6.54 Å². The van der Waals surface area contributed by atoms with Gasteiger partial charge in [-0.1, -0.05) is 32.9 Å². The molecule has 0 aromatic heterocycles. The second kappa shape index (κ2) is 9.63. The predicted molar refractivity (Wildman–Crippen MR) is 117 cm³/mol. The number of hydrogen-bond donors (Lipinski definition) is 1. The summed E-state index contributed by atoms with van der Waals surface area (Å²) in [4.78, 5) is 41.3. The Morgan fingerprint density at radius 3 is 2.07 bits per heavy atom. The van der Waals surface area contributed by atoms with Gasteiger partial charge in [-0.3, -0.25) is 14.4 Å². The molecule has 0 saturated carbocycles. The average molecular weight is 414 g/mol. The Morgan fingerprint density at radius 1 is 0.900 bits per heavy atom. The first-order chi connectivity index (χ1) is 14.3. The SMILES string of the molecule is CC(C)(C)c1ccc(C(=O)NCC(=O)N2CCC(C(=O)N3CCCCC3)CC2)cc1. The van der Waals surface area contributed by atoms with E-state index in [9.17, 15) is 14.4 Å². The first kappa shape index (κ1) is 22.3. The van der Waals surface area contributed by atoms with E-state index in [1.165, 1.54) is 6.42 Å². The standard InChI is InChI=1S/C24H35N3O3/c1-24(2,3)20-9-7-18(8-10-20)22(29)25-17-21(28)26-15-11-19(12-16-26)23(30)27-13-5-4-6-14-27/h7-10,19H,4-6,11-17H2,1-3H3,(H,25,29). The fourth-order valence-electron chi connectivity index (χ4n) is 4.24. The average Bonchev–Trinajstić information content (AvgIpc) is 2.77. The minimum absolute atomic E-state index is 0.00933. The summed E-state index contributed by atoms with van der Waals surface area (Å²) in [5.41, 5.74) is 1.76. The van der Waals surface area contributed by atoms with Crippen LogP contribution in [0.15, 0.2) is 24.3 Å². The molecule has 2 heterocycles. The van der Waals surface area contributed by atoms with Gasteiger partial charge in [0.2, 0.25) is 11.8 Å². The van der Waals surface area contributed by atoms with Gasteiger partial charge in [-0.05, 0) is 55.2 Å². The maximum Gasteiger partial charge on any atom is 0.251 e. The molecule has 0 bridgehead atoms. The van der Waals surface area contributed by atoms with Crippen LogP contribution in [0.4, 0.5) is 0 Å². The van der Waals surface area contributed by atoms with Crippen LogP contribution in [0.3, 0.4) is 0 Å². The number of piperidine rings is 2. The van der Waals surface area contributed by atoms with Crippen molar-refractivity contribution in [2.45, 2.75) is 58.3 Å². The first-order valence-corrected chi connectivity index (χ1v) is 11.2. The summed E-state index contributed by atoms with van der Waals surface area (Å²) in [6.45, 7) is 9.29. The van der Waals surface area contributed by atoms with Gasteiger partial charge in [-0.25, -0.2) is 0 Å². The smallest absolute Gasteiger partial charge is 0.251 e. The van der Waals surface area contributed by atoms with E-state index in [0.29, 0.717) is 31.5 Å². The Kier molecular flexibility index (Phi) is 7.16. The maximum atomic E-state index is 12.7. The van der Waals surface area contributed by atoms with Crippen LogP contribution in [0.1, 0.15) is 68.8 Å². The highest BCUT2D eigenvalue weighted by molar-refractivity contribution is 5.96. The van der Waals surface area contributed by atoms with Crippen molar-refractivity contribution in [2.24, 2.45) is 5.92 Å². The number of carbonyl (C=O) groups is 3. The third-order valence-electron chi connectivity index (χ3n) is 6.28. The number of nitrogens with zero attached hydrogens (tertiary/aromatic N) is 2. The first-order valence-electron chi connectivity index (χ1n) is 11.2. The summed E-state index contributed by atoms with van der Waals surface area (Å²) in [6, 6.07) is 7.53. The molecule has 3 amide bonds. The fraction of sp³-hybridized carbons (Fsp3) is 0.625. The summed E-state index contributed by atoms with van der Waals surface area (Å²) in [6.07, 6.45) is 4.83. The lowest BCUT2D eigenvalue weighted by Crippen LogP contribution is -2.47. The van der Waals surface area contributed by atoms with Crippen LogP contribution in [0.25, 0.3) is 0 Å². The third-order valence-corrected chi connectivity index (χ3v) is 6.28. The van der Waals surface area contributed by atoms with E-state index in [-0.39, 0.29) is 35.6 Å². The van der Waals surface area contributed by atoms with E-state index in [1.54, 1.807) is 17.0 Å². The van der Waals surface area contributed by atoms with Crippen LogP contribution in [0.2, 0.25) is 0 Å². The molecule has 164 valence electrons. The van der Waals surface area contributed by atoms with Gasteiger partial charge in [0.15, 0.2) is 0 Å². The van der Waals surface area contributed by atoms with Crippen molar-refractivity contribution in [1.29, 1.82) is 0 Å². The van der Waals surface area contributed by atoms with Crippen molar-refractivity contribution < 1.29 is 14.4 Å². The zero-order chi connectivity index (χ0) is 21.7. The lowest BCUT2D eigenvalue weighted by atomic mass is 9.87. The highest BCUT2D eigenvalue weighted by Crippen LogP contribution is 2.23. The van der Waals surface area contributed by atoms with Crippen molar-refractivity contribution in [1.82, 2.24) is 15.1 Å². The summed E-state index contributed by atoms with van der Waals surface area (Å²) in [7, 11) is 0. The van der Waals surface area contributed by atoms with E-state index in [4.69, 9.17) is 0 Å². The zero-order valence-electron chi connectivity index (χ0n) is 18.6. The molecule has 6 nitrogen and oxygen atoms in total. The quantitative estimate of drug-likeness (QED) is 0.825. The molecule has 0 spiro atoms. The van der Waals surface area contributed by atoms with Crippen molar-refractivity contribution in [2.75, 3.05) is 32.7 Å². The fourth-order valence-corrected chi connectivity index (χ4v) is 4.24. The molecular weight excluding hydrogens is 378 g/mol. The van der Waals surface area contributed by atoms with Crippen LogP contribution >= 0.6 is 0 Å². The van der Waals surface area contributed by atoms with Crippen LogP contribution < -0.4 is 5.32 Å². The molecule has 6 heteroatoms. The minimum Gasteiger partial charge on any atom is -0.343 e. The zero-order valence-corrected chi connectivity index (χ0v) is 18.6. The molecule has 1 aromatic carbocycles. The van der Waals surface area contributed by atoms with Gasteiger partial charge in [0.25, 0.3) is 5.91 Å². The van der Waals surface area contributed by atoms with Gasteiger partial charge >= 0.3 is 0 Å². The second-order valence-electron chi connectivity index (χ2n) is 9.55. The van der Waals surface area contributed by atoms with Gasteiger partial charge in [0, 0.05) is 37.7 Å². The van der Waals surface area contributed by atoms with Crippen LogP contribution in [-0.4, -0.2) is 60.2 Å². The number of benzene rings is 1. The molecule has 0 atom stereocenters. The summed E-state index contributed by atoms with van der Waals surface area (Å²) >= 11 is 0. The molecule has 0 aliphatic carbocycles. The highest BCUT2D eigenvalue weighted by Gasteiger charge is 2.30. The van der Waals surface area contributed by atoms with Crippen LogP contribution in [-0.2, 0) is 15.0 Å². The molecule has 30 heavy (non-hydrogen) atoms. The monoisotopic (exact) mass is 413 g/mol. The summed E-state index contributed by atoms with van der Waals surface area (Å²) < 4.78 is 0. The van der Waals surface area contributed by atoms with Crippen molar-refractivity contribution >= 4 is 17.7 Å². The van der Waals surface area contributed by atoms with Crippen molar-refractivity contribution in [3.8, 4) is 0 Å². The van der Waals surface area contributed by atoms with Crippen molar-refractivity contribution in [3.05, 3.63) is 35.4 Å². The lowest BCUT2D eigenvalue weighted by molar-refractivity contribution is -0.141. The highest BCUT2D eigenvalue weighted by atomic mass is 16.2. The number of likely N-dealkylation sites (tertiary alicyclic amines) is 2. The van der Waals surface area contributed by atoms with Gasteiger partial charge < -0.3 is 15.1 Å². The summed E-state index contributed by atoms with van der Waals surface area (Å²) in [5.74, 6) is -0.0330. The Hall–Kier alpha value is -2.37. The normalized spacial score (nSPS) is 18.2. The number of rotatable bonds is 4. The Labute approximate surface area is 180 Å². The van der Waals surface area contributed by atoms with E-state index < -0.39 is 0 Å². The lowest BCUT2D eigenvalue weighted by Gasteiger charge is -2.35. The second-order valence-corrected chi connectivity index (χ2v) is 9.55. The summed E-state index contributed by atoms with van der Waals surface area (Å²) in [5, 5.41) is 2.73. The van der Waals surface area contributed by atoms with Gasteiger partial charge in [-0.2, -0.15) is 0 Å². The molecular formula is C24H35N3O3. The Balaban J connectivity index is 1.43. The molecule has 2 aliphatic rings. The van der Waals surface area contributed by atoms with Crippen LogP contribution in [0.5, 0.6) is 0 Å².